The van der Waals surface area contributed by atoms with Gasteiger partial charge in [-0.15, -0.1) is 0 Å². The summed E-state index contributed by atoms with van der Waals surface area (Å²) in [5.74, 6) is -1.05. The molecule has 3 heterocycles. The van der Waals surface area contributed by atoms with Crippen molar-refractivity contribution in [2.75, 3.05) is 11.5 Å². The number of ketones is 1. The maximum atomic E-state index is 13.2. The molecular formula is C24H20N2O6S. The van der Waals surface area contributed by atoms with Gasteiger partial charge >= 0.3 is 0 Å². The Bertz CT molecular complexity index is 1390. The summed E-state index contributed by atoms with van der Waals surface area (Å²) in [5.41, 5.74) is 1.43. The molecule has 1 saturated heterocycles. The molecule has 0 saturated carbocycles. The summed E-state index contributed by atoms with van der Waals surface area (Å²) in [4.78, 5) is 38.4. The molecule has 1 aromatic carbocycles. The maximum Gasteiger partial charge on any atom is 0.271 e. The van der Waals surface area contributed by atoms with Gasteiger partial charge in [0.05, 0.1) is 17.5 Å². The highest BCUT2D eigenvalue weighted by atomic mass is 32.2. The van der Waals surface area contributed by atoms with Gasteiger partial charge < -0.3 is 4.42 Å². The number of imide groups is 1. The SMILES string of the molecule is CC(=O)c1ccc(-c2ccc(C=C3C(=O)N(C4CCS(=O)(=O)C4)C(=O)C(C#N)=C3C)o2)cc1. The molecule has 0 spiro atoms. The number of nitrogens with zero attached hydrogens (tertiary/aromatic N) is 2. The number of amides is 2. The van der Waals surface area contributed by atoms with Crippen LogP contribution in [0.2, 0.25) is 0 Å². The molecule has 4 rings (SSSR count). The van der Waals surface area contributed by atoms with Crippen LogP contribution in [-0.4, -0.2) is 48.5 Å². The van der Waals surface area contributed by atoms with Gasteiger partial charge in [0.1, 0.15) is 23.2 Å². The quantitative estimate of drug-likeness (QED) is 0.387. The summed E-state index contributed by atoms with van der Waals surface area (Å²) in [5, 5.41) is 9.52. The Morgan fingerprint density at radius 2 is 1.85 bits per heavy atom. The molecule has 9 heteroatoms. The minimum absolute atomic E-state index is 0.0491. The molecule has 2 aliphatic heterocycles. The minimum Gasteiger partial charge on any atom is -0.457 e. The first-order chi connectivity index (χ1) is 15.6. The monoisotopic (exact) mass is 464 g/mol. The molecule has 0 bridgehead atoms. The first kappa shape index (κ1) is 22.4. The van der Waals surface area contributed by atoms with Gasteiger partial charge in [-0.05, 0) is 44.1 Å². The number of carbonyl (C=O) groups excluding carboxylic acids is 3. The van der Waals surface area contributed by atoms with Crippen molar-refractivity contribution in [1.82, 2.24) is 4.90 Å². The van der Waals surface area contributed by atoms with Crippen LogP contribution in [0, 0.1) is 11.3 Å². The van der Waals surface area contributed by atoms with Gasteiger partial charge in [-0.3, -0.25) is 19.3 Å². The van der Waals surface area contributed by atoms with E-state index in [1.54, 1.807) is 36.4 Å². The number of hydrogen-bond donors (Lipinski definition) is 0. The molecule has 2 aliphatic rings. The number of Topliss-reactive ketones (excluding diaryl/α,β-unsaturated/α-hetero) is 1. The molecule has 1 atom stereocenters. The second-order valence-electron chi connectivity index (χ2n) is 8.04. The van der Waals surface area contributed by atoms with Crippen LogP contribution in [0.5, 0.6) is 0 Å². The normalized spacial score (nSPS) is 21.5. The average Bonchev–Trinajstić information content (AvgIpc) is 3.38. The third kappa shape index (κ3) is 4.17. The van der Waals surface area contributed by atoms with E-state index in [9.17, 15) is 28.1 Å². The fourth-order valence-corrected chi connectivity index (χ4v) is 5.71. The standard InChI is InChI=1S/C24H20N2O6S/c1-14-20(11-19-7-8-22(32-19)17-5-3-16(4-6-17)15(2)27)23(28)26(24(29)21(14)12-25)18-9-10-33(30,31)13-18/h3-8,11,18H,9-10,13H2,1-2H3. The van der Waals surface area contributed by atoms with Crippen LogP contribution in [0.3, 0.4) is 0 Å². The number of furan rings is 1. The molecular weight excluding hydrogens is 444 g/mol. The van der Waals surface area contributed by atoms with Crippen LogP contribution in [0.4, 0.5) is 0 Å². The fourth-order valence-electron chi connectivity index (χ4n) is 4.01. The van der Waals surface area contributed by atoms with Crippen molar-refractivity contribution in [1.29, 1.82) is 5.26 Å². The van der Waals surface area contributed by atoms with E-state index < -0.39 is 27.7 Å². The van der Waals surface area contributed by atoms with E-state index in [0.29, 0.717) is 17.1 Å². The summed E-state index contributed by atoms with van der Waals surface area (Å²) in [6, 6.07) is 11.3. The number of benzene rings is 1. The van der Waals surface area contributed by atoms with Crippen molar-refractivity contribution in [3.8, 4) is 17.4 Å². The zero-order valence-corrected chi connectivity index (χ0v) is 18.8. The molecule has 0 N–H and O–H groups in total. The van der Waals surface area contributed by atoms with Crippen molar-refractivity contribution < 1.29 is 27.2 Å². The average molecular weight is 464 g/mol. The van der Waals surface area contributed by atoms with Crippen molar-refractivity contribution in [3.05, 3.63) is 64.4 Å². The molecule has 1 fully saturated rings. The smallest absolute Gasteiger partial charge is 0.271 e. The second kappa shape index (κ2) is 8.30. The van der Waals surface area contributed by atoms with Crippen molar-refractivity contribution >= 4 is 33.5 Å². The summed E-state index contributed by atoms with van der Waals surface area (Å²) in [6.45, 7) is 2.99. The Morgan fingerprint density at radius 1 is 1.15 bits per heavy atom. The molecule has 1 aromatic heterocycles. The topological polar surface area (TPSA) is 126 Å². The van der Waals surface area contributed by atoms with E-state index in [1.807, 2.05) is 6.07 Å². The molecule has 168 valence electrons. The highest BCUT2D eigenvalue weighted by molar-refractivity contribution is 7.91. The summed E-state index contributed by atoms with van der Waals surface area (Å²) < 4.78 is 29.7. The van der Waals surface area contributed by atoms with Gasteiger partial charge in [0.25, 0.3) is 11.8 Å². The molecule has 8 nitrogen and oxygen atoms in total. The molecule has 0 radical (unpaired) electrons. The second-order valence-corrected chi connectivity index (χ2v) is 10.3. The van der Waals surface area contributed by atoms with Gasteiger partial charge in [-0.1, -0.05) is 24.3 Å². The summed E-state index contributed by atoms with van der Waals surface area (Å²) >= 11 is 0. The van der Waals surface area contributed by atoms with E-state index >= 15 is 0 Å². The van der Waals surface area contributed by atoms with Gasteiger partial charge in [0.15, 0.2) is 15.6 Å². The number of nitriles is 1. The predicted molar refractivity (Wildman–Crippen MR) is 119 cm³/mol. The predicted octanol–water partition coefficient (Wildman–Crippen LogP) is 2.93. The molecule has 2 aromatic rings. The van der Waals surface area contributed by atoms with Crippen LogP contribution in [0.25, 0.3) is 17.4 Å². The number of sulfone groups is 1. The van der Waals surface area contributed by atoms with Crippen molar-refractivity contribution in [2.45, 2.75) is 26.3 Å². The highest BCUT2D eigenvalue weighted by Crippen LogP contribution is 2.32. The first-order valence-electron chi connectivity index (χ1n) is 10.2. The Labute approximate surface area is 190 Å². The van der Waals surface area contributed by atoms with E-state index in [1.165, 1.54) is 19.9 Å². The Balaban J connectivity index is 1.70. The number of rotatable bonds is 4. The molecule has 33 heavy (non-hydrogen) atoms. The molecule has 2 amide bonds. The zero-order chi connectivity index (χ0) is 23.9. The largest absolute Gasteiger partial charge is 0.457 e. The van der Waals surface area contributed by atoms with Crippen LogP contribution in [0.15, 0.2) is 57.5 Å². The molecule has 0 aliphatic carbocycles. The van der Waals surface area contributed by atoms with Gasteiger partial charge in [0.2, 0.25) is 0 Å². The minimum atomic E-state index is -3.35. The zero-order valence-electron chi connectivity index (χ0n) is 18.0. The lowest BCUT2D eigenvalue weighted by molar-refractivity contribution is -0.142. The lowest BCUT2D eigenvalue weighted by Crippen LogP contribution is -2.49. The maximum absolute atomic E-state index is 13.2. The Hall–Kier alpha value is -3.77. The van der Waals surface area contributed by atoms with Crippen LogP contribution < -0.4 is 0 Å². The highest BCUT2D eigenvalue weighted by Gasteiger charge is 2.43. The number of carbonyl (C=O) groups is 3. The summed E-state index contributed by atoms with van der Waals surface area (Å²) in [7, 11) is -3.35. The van der Waals surface area contributed by atoms with Crippen LogP contribution >= 0.6 is 0 Å². The van der Waals surface area contributed by atoms with Gasteiger partial charge in [0, 0.05) is 16.7 Å². The van der Waals surface area contributed by atoms with E-state index in [-0.39, 0.29) is 40.4 Å². The van der Waals surface area contributed by atoms with Crippen molar-refractivity contribution in [3.63, 3.8) is 0 Å². The van der Waals surface area contributed by atoms with E-state index in [0.717, 1.165) is 10.5 Å². The fraction of sp³-hybridized carbons (Fsp3) is 0.250. The van der Waals surface area contributed by atoms with Crippen LogP contribution in [-0.2, 0) is 19.4 Å². The van der Waals surface area contributed by atoms with Crippen LogP contribution in [0.1, 0.15) is 36.4 Å². The number of hydrogen-bond acceptors (Lipinski definition) is 7. The third-order valence-electron chi connectivity index (χ3n) is 5.84. The van der Waals surface area contributed by atoms with E-state index in [4.69, 9.17) is 4.42 Å². The van der Waals surface area contributed by atoms with E-state index in [2.05, 4.69) is 0 Å². The third-order valence-corrected chi connectivity index (χ3v) is 7.59. The summed E-state index contributed by atoms with van der Waals surface area (Å²) in [6.07, 6.45) is 1.59. The van der Waals surface area contributed by atoms with Gasteiger partial charge in [-0.25, -0.2) is 8.42 Å². The first-order valence-corrected chi connectivity index (χ1v) is 12.1. The molecule has 1 unspecified atom stereocenters. The van der Waals surface area contributed by atoms with Crippen molar-refractivity contribution in [2.24, 2.45) is 0 Å². The van der Waals surface area contributed by atoms with Gasteiger partial charge in [-0.2, -0.15) is 5.26 Å². The lowest BCUT2D eigenvalue weighted by Gasteiger charge is -2.31. The Kier molecular flexibility index (Phi) is 5.64. The lowest BCUT2D eigenvalue weighted by atomic mass is 9.93. The Morgan fingerprint density at radius 3 is 2.42 bits per heavy atom.